The fourth-order valence-electron chi connectivity index (χ4n) is 2.46. The third-order valence-electron chi connectivity index (χ3n) is 3.09. The minimum atomic E-state index is -0.462. The van der Waals surface area contributed by atoms with E-state index >= 15 is 0 Å². The molecule has 1 aromatic rings. The topological polar surface area (TPSA) is 81.6 Å². The first-order valence-corrected chi connectivity index (χ1v) is 6.72. The van der Waals surface area contributed by atoms with E-state index in [1.165, 1.54) is 18.2 Å². The molecule has 0 saturated carbocycles. The number of nitrogens with two attached hydrogens (primary N) is 1. The van der Waals surface area contributed by atoms with Crippen LogP contribution in [-0.2, 0) is 0 Å². The molecule has 6 heteroatoms. The lowest BCUT2D eigenvalue weighted by atomic mass is 10.2. The van der Waals surface area contributed by atoms with Gasteiger partial charge in [0.15, 0.2) is 6.23 Å². The molecular formula is C14H23N3O3. The van der Waals surface area contributed by atoms with Crippen LogP contribution in [-0.4, -0.2) is 28.1 Å². The van der Waals surface area contributed by atoms with Crippen LogP contribution in [0.4, 0.5) is 11.4 Å². The largest absolute Gasteiger partial charge is 0.468 e. The number of ether oxygens (including phenoxy) is 1. The quantitative estimate of drug-likeness (QED) is 0.375. The van der Waals surface area contributed by atoms with Gasteiger partial charge in [0.25, 0.3) is 0 Å². The molecule has 0 fully saturated rings. The maximum absolute atomic E-state index is 11.0. The second-order valence-corrected chi connectivity index (χ2v) is 5.34. The molecule has 0 saturated heterocycles. The Balaban J connectivity index is 3.02. The molecule has 0 aromatic heterocycles. The zero-order valence-corrected chi connectivity index (χ0v) is 12.7. The van der Waals surface area contributed by atoms with Crippen molar-refractivity contribution in [3.05, 3.63) is 28.3 Å². The van der Waals surface area contributed by atoms with E-state index in [0.717, 1.165) is 0 Å². The Hall–Kier alpha value is -1.82. The molecular weight excluding hydrogens is 258 g/mol. The fourth-order valence-corrected chi connectivity index (χ4v) is 2.46. The summed E-state index contributed by atoms with van der Waals surface area (Å²) in [4.78, 5) is 12.7. The summed E-state index contributed by atoms with van der Waals surface area (Å²) in [5, 5.41) is 11.0. The Morgan fingerprint density at radius 2 is 1.75 bits per heavy atom. The van der Waals surface area contributed by atoms with Gasteiger partial charge in [0.2, 0.25) is 5.75 Å². The molecule has 0 radical (unpaired) electrons. The molecule has 0 amide bonds. The molecule has 112 valence electrons. The minimum absolute atomic E-state index is 0.0708. The highest BCUT2D eigenvalue weighted by atomic mass is 16.6. The van der Waals surface area contributed by atoms with Crippen LogP contribution in [0.2, 0.25) is 0 Å². The minimum Gasteiger partial charge on any atom is -0.468 e. The van der Waals surface area contributed by atoms with Crippen molar-refractivity contribution in [1.82, 2.24) is 4.90 Å². The van der Waals surface area contributed by atoms with Crippen molar-refractivity contribution < 1.29 is 9.66 Å². The first-order valence-electron chi connectivity index (χ1n) is 6.72. The summed E-state index contributed by atoms with van der Waals surface area (Å²) in [5.41, 5.74) is 6.06. The third kappa shape index (κ3) is 3.84. The van der Waals surface area contributed by atoms with Gasteiger partial charge in [0.05, 0.1) is 4.92 Å². The third-order valence-corrected chi connectivity index (χ3v) is 3.09. The number of rotatable bonds is 6. The Morgan fingerprint density at radius 3 is 2.20 bits per heavy atom. The van der Waals surface area contributed by atoms with Gasteiger partial charge in [-0.2, -0.15) is 0 Å². The van der Waals surface area contributed by atoms with Crippen molar-refractivity contribution in [2.24, 2.45) is 0 Å². The lowest BCUT2D eigenvalue weighted by Gasteiger charge is -2.35. The van der Waals surface area contributed by atoms with Gasteiger partial charge in [0, 0.05) is 29.9 Å². The molecule has 1 rings (SSSR count). The van der Waals surface area contributed by atoms with Crippen molar-refractivity contribution in [1.29, 1.82) is 0 Å². The predicted octanol–water partition coefficient (Wildman–Crippen LogP) is 3.02. The molecule has 1 unspecified atom stereocenters. The molecule has 0 bridgehead atoms. The predicted molar refractivity (Wildman–Crippen MR) is 79.7 cm³/mol. The number of nitro groups is 1. The first-order chi connectivity index (χ1) is 9.23. The lowest BCUT2D eigenvalue weighted by Crippen LogP contribution is -2.46. The Morgan fingerprint density at radius 1 is 1.20 bits per heavy atom. The number of hydrogen-bond acceptors (Lipinski definition) is 5. The first kappa shape index (κ1) is 16.2. The van der Waals surface area contributed by atoms with E-state index in [-0.39, 0.29) is 29.7 Å². The SMILES string of the molecule is CC(C)N(C(C)C)C(C)Oc1cc(N)ccc1[N+](=O)[O-]. The van der Waals surface area contributed by atoms with Crippen LogP contribution in [0.5, 0.6) is 5.75 Å². The van der Waals surface area contributed by atoms with Gasteiger partial charge < -0.3 is 10.5 Å². The maximum atomic E-state index is 11.0. The molecule has 0 heterocycles. The smallest absolute Gasteiger partial charge is 0.311 e. The van der Waals surface area contributed by atoms with E-state index < -0.39 is 4.92 Å². The number of benzene rings is 1. The van der Waals surface area contributed by atoms with Crippen LogP contribution in [0, 0.1) is 10.1 Å². The molecule has 1 atom stereocenters. The normalized spacial score (nSPS) is 13.0. The van der Waals surface area contributed by atoms with Gasteiger partial charge in [-0.1, -0.05) is 0 Å². The summed E-state index contributed by atoms with van der Waals surface area (Å²) in [6.07, 6.45) is -0.282. The lowest BCUT2D eigenvalue weighted by molar-refractivity contribution is -0.386. The number of nitro benzene ring substituents is 1. The van der Waals surface area contributed by atoms with E-state index in [1.807, 2.05) is 6.92 Å². The van der Waals surface area contributed by atoms with E-state index in [9.17, 15) is 10.1 Å². The van der Waals surface area contributed by atoms with E-state index in [2.05, 4.69) is 32.6 Å². The van der Waals surface area contributed by atoms with Gasteiger partial charge >= 0.3 is 5.69 Å². The molecule has 6 nitrogen and oxygen atoms in total. The second-order valence-electron chi connectivity index (χ2n) is 5.34. The average molecular weight is 281 g/mol. The van der Waals surface area contributed by atoms with E-state index in [4.69, 9.17) is 10.5 Å². The van der Waals surface area contributed by atoms with Crippen molar-refractivity contribution >= 4 is 11.4 Å². The number of hydrogen-bond donors (Lipinski definition) is 1. The van der Waals surface area contributed by atoms with Crippen molar-refractivity contribution in [2.75, 3.05) is 5.73 Å². The fraction of sp³-hybridized carbons (Fsp3) is 0.571. The highest BCUT2D eigenvalue weighted by molar-refractivity contribution is 5.55. The zero-order valence-electron chi connectivity index (χ0n) is 12.7. The van der Waals surface area contributed by atoms with Crippen LogP contribution in [0.3, 0.4) is 0 Å². The van der Waals surface area contributed by atoms with E-state index in [1.54, 1.807) is 0 Å². The Bertz CT molecular complexity index is 467. The molecule has 0 spiro atoms. The highest BCUT2D eigenvalue weighted by Crippen LogP contribution is 2.30. The molecule has 0 aliphatic rings. The summed E-state index contributed by atoms with van der Waals surface area (Å²) in [6, 6.07) is 4.90. The highest BCUT2D eigenvalue weighted by Gasteiger charge is 2.24. The number of anilines is 1. The maximum Gasteiger partial charge on any atom is 0.311 e. The average Bonchev–Trinajstić information content (AvgIpc) is 2.26. The van der Waals surface area contributed by atoms with Crippen LogP contribution in [0.15, 0.2) is 18.2 Å². The van der Waals surface area contributed by atoms with Gasteiger partial charge in [-0.25, -0.2) is 0 Å². The van der Waals surface area contributed by atoms with Gasteiger partial charge in [-0.05, 0) is 40.7 Å². The van der Waals surface area contributed by atoms with Crippen LogP contribution in [0.25, 0.3) is 0 Å². The van der Waals surface area contributed by atoms with Gasteiger partial charge in [-0.3, -0.25) is 15.0 Å². The Labute approximate surface area is 119 Å². The molecule has 0 aliphatic heterocycles. The molecule has 20 heavy (non-hydrogen) atoms. The van der Waals surface area contributed by atoms with Crippen LogP contribution < -0.4 is 10.5 Å². The monoisotopic (exact) mass is 281 g/mol. The summed E-state index contributed by atoms with van der Waals surface area (Å²) < 4.78 is 5.78. The summed E-state index contributed by atoms with van der Waals surface area (Å²) >= 11 is 0. The summed E-state index contributed by atoms with van der Waals surface area (Å²) in [6.45, 7) is 10.1. The van der Waals surface area contributed by atoms with Crippen LogP contribution in [0.1, 0.15) is 34.6 Å². The van der Waals surface area contributed by atoms with Crippen molar-refractivity contribution in [3.8, 4) is 5.75 Å². The second kappa shape index (κ2) is 6.56. The number of nitrogen functional groups attached to an aromatic ring is 1. The van der Waals surface area contributed by atoms with Crippen LogP contribution >= 0.6 is 0 Å². The standard InChI is InChI=1S/C14H23N3O3/c1-9(2)16(10(3)4)11(5)20-14-8-12(15)6-7-13(14)17(18)19/h6-11H,15H2,1-5H3. The zero-order chi connectivity index (χ0) is 15.4. The van der Waals surface area contributed by atoms with Crippen molar-refractivity contribution in [2.45, 2.75) is 52.9 Å². The van der Waals surface area contributed by atoms with Gasteiger partial charge in [0.1, 0.15) is 0 Å². The van der Waals surface area contributed by atoms with Crippen molar-refractivity contribution in [3.63, 3.8) is 0 Å². The van der Waals surface area contributed by atoms with Gasteiger partial charge in [-0.15, -0.1) is 0 Å². The summed E-state index contributed by atoms with van der Waals surface area (Å²) in [7, 11) is 0. The van der Waals surface area contributed by atoms with E-state index in [0.29, 0.717) is 5.69 Å². The number of nitrogens with zero attached hydrogens (tertiary/aromatic N) is 2. The molecule has 0 aliphatic carbocycles. The molecule has 2 N–H and O–H groups in total. The Kier molecular flexibility index (Phi) is 5.33. The molecule has 1 aromatic carbocycles. The summed E-state index contributed by atoms with van der Waals surface area (Å²) in [5.74, 6) is 0.203.